The lowest BCUT2D eigenvalue weighted by atomic mass is 9.94. The fourth-order valence-electron chi connectivity index (χ4n) is 2.08. The third kappa shape index (κ3) is 2.13. The Labute approximate surface area is 112 Å². The zero-order valence-corrected chi connectivity index (χ0v) is 11.2. The first-order valence-electron chi connectivity index (χ1n) is 5.17. The molecule has 5 nitrogen and oxygen atoms in total. The Balaban J connectivity index is 2.49. The van der Waals surface area contributed by atoms with Crippen LogP contribution in [0.3, 0.4) is 0 Å². The quantitative estimate of drug-likeness (QED) is 0.633. The van der Waals surface area contributed by atoms with Gasteiger partial charge in [0.05, 0.1) is 15.5 Å². The van der Waals surface area contributed by atoms with E-state index in [9.17, 15) is 14.9 Å². The molecule has 1 aliphatic heterocycles. The number of nitro groups is 1. The van der Waals surface area contributed by atoms with Crippen LogP contribution in [0, 0.1) is 10.1 Å². The number of thiophene rings is 1. The zero-order valence-electron chi connectivity index (χ0n) is 9.68. The first kappa shape index (κ1) is 13.0. The normalized spacial score (nSPS) is 23.1. The van der Waals surface area contributed by atoms with E-state index in [0.717, 1.165) is 0 Å². The molecule has 96 valence electrons. The van der Waals surface area contributed by atoms with E-state index in [-0.39, 0.29) is 5.78 Å². The molecule has 0 fully saturated rings. The van der Waals surface area contributed by atoms with Gasteiger partial charge in [-0.1, -0.05) is 11.6 Å². The SMILES string of the molecule is CC(=O)C1=C(C)OC([N+](=O)[O-])C1c1cc(Cl)cs1. The van der Waals surface area contributed by atoms with E-state index in [1.54, 1.807) is 18.4 Å². The zero-order chi connectivity index (χ0) is 13.4. The van der Waals surface area contributed by atoms with E-state index < -0.39 is 17.1 Å². The first-order valence-corrected chi connectivity index (χ1v) is 6.43. The Morgan fingerprint density at radius 3 is 2.72 bits per heavy atom. The van der Waals surface area contributed by atoms with Crippen LogP contribution in [0.2, 0.25) is 5.02 Å². The maximum absolute atomic E-state index is 11.6. The van der Waals surface area contributed by atoms with E-state index in [1.807, 2.05) is 0 Å². The van der Waals surface area contributed by atoms with Gasteiger partial charge in [0.2, 0.25) is 0 Å². The minimum atomic E-state index is -1.25. The second kappa shape index (κ2) is 4.70. The fourth-order valence-corrected chi connectivity index (χ4v) is 3.29. The van der Waals surface area contributed by atoms with Gasteiger partial charge in [0.15, 0.2) is 5.78 Å². The average Bonchev–Trinajstić information content (AvgIpc) is 2.81. The van der Waals surface area contributed by atoms with Gasteiger partial charge < -0.3 is 4.74 Å². The molecular formula is C11H10ClNO4S. The Kier molecular flexibility index (Phi) is 3.41. The van der Waals surface area contributed by atoms with Crippen LogP contribution in [0.15, 0.2) is 22.8 Å². The average molecular weight is 288 g/mol. The van der Waals surface area contributed by atoms with Gasteiger partial charge in [-0.2, -0.15) is 0 Å². The molecule has 2 unspecified atom stereocenters. The summed E-state index contributed by atoms with van der Waals surface area (Å²) >= 11 is 7.12. The first-order chi connectivity index (χ1) is 8.41. The molecule has 0 aliphatic carbocycles. The molecule has 0 bridgehead atoms. The van der Waals surface area contributed by atoms with Crippen molar-refractivity contribution in [2.24, 2.45) is 0 Å². The largest absolute Gasteiger partial charge is 0.434 e. The molecule has 1 aliphatic rings. The summed E-state index contributed by atoms with van der Waals surface area (Å²) < 4.78 is 5.20. The number of rotatable bonds is 3. The van der Waals surface area contributed by atoms with Crippen molar-refractivity contribution < 1.29 is 14.5 Å². The van der Waals surface area contributed by atoms with E-state index in [2.05, 4.69) is 0 Å². The predicted octanol–water partition coefficient (Wildman–Crippen LogP) is 2.98. The molecule has 2 heterocycles. The molecule has 0 amide bonds. The number of allylic oxidation sites excluding steroid dienone is 1. The number of carbonyl (C=O) groups is 1. The van der Waals surface area contributed by atoms with Crippen molar-refractivity contribution in [3.63, 3.8) is 0 Å². The lowest BCUT2D eigenvalue weighted by Crippen LogP contribution is -2.26. The molecule has 2 rings (SSSR count). The van der Waals surface area contributed by atoms with Crippen molar-refractivity contribution in [1.82, 2.24) is 0 Å². The number of hydrogen-bond donors (Lipinski definition) is 0. The van der Waals surface area contributed by atoms with Gasteiger partial charge in [0.25, 0.3) is 0 Å². The molecule has 2 atom stereocenters. The van der Waals surface area contributed by atoms with Gasteiger partial charge in [-0.15, -0.1) is 11.3 Å². The third-order valence-electron chi connectivity index (χ3n) is 2.75. The maximum Gasteiger partial charge on any atom is 0.365 e. The van der Waals surface area contributed by atoms with Crippen LogP contribution in [0.25, 0.3) is 0 Å². The van der Waals surface area contributed by atoms with E-state index in [1.165, 1.54) is 18.3 Å². The summed E-state index contributed by atoms with van der Waals surface area (Å²) in [5.41, 5.74) is 0.357. The van der Waals surface area contributed by atoms with Gasteiger partial charge in [-0.05, 0) is 19.9 Å². The Bertz CT molecular complexity index is 551. The smallest absolute Gasteiger partial charge is 0.365 e. The summed E-state index contributed by atoms with van der Waals surface area (Å²) in [4.78, 5) is 22.8. The highest BCUT2D eigenvalue weighted by Gasteiger charge is 2.46. The van der Waals surface area contributed by atoms with Crippen LogP contribution in [0.5, 0.6) is 0 Å². The van der Waals surface area contributed by atoms with Gasteiger partial charge in [0, 0.05) is 10.3 Å². The second-order valence-electron chi connectivity index (χ2n) is 3.96. The summed E-state index contributed by atoms with van der Waals surface area (Å²) in [5.74, 6) is -0.569. The predicted molar refractivity (Wildman–Crippen MR) is 67.3 cm³/mol. The maximum atomic E-state index is 11.6. The van der Waals surface area contributed by atoms with Crippen LogP contribution >= 0.6 is 22.9 Å². The molecule has 0 saturated heterocycles. The van der Waals surface area contributed by atoms with Crippen molar-refractivity contribution in [3.8, 4) is 0 Å². The minimum Gasteiger partial charge on any atom is -0.434 e. The fraction of sp³-hybridized carbons (Fsp3) is 0.364. The number of halogens is 1. The lowest BCUT2D eigenvalue weighted by Gasteiger charge is -2.11. The molecule has 0 N–H and O–H groups in total. The van der Waals surface area contributed by atoms with Crippen LogP contribution in [0.4, 0.5) is 0 Å². The monoisotopic (exact) mass is 287 g/mol. The van der Waals surface area contributed by atoms with Crippen molar-refractivity contribution >= 4 is 28.7 Å². The lowest BCUT2D eigenvalue weighted by molar-refractivity contribution is -0.570. The Morgan fingerprint density at radius 2 is 2.28 bits per heavy atom. The van der Waals surface area contributed by atoms with Gasteiger partial charge in [-0.3, -0.25) is 14.9 Å². The number of hydrogen-bond acceptors (Lipinski definition) is 5. The molecule has 0 spiro atoms. The number of Topliss-reactive ketones (excluding diaryl/α,β-unsaturated/α-hetero) is 1. The molecule has 0 aromatic carbocycles. The molecular weight excluding hydrogens is 278 g/mol. The summed E-state index contributed by atoms with van der Waals surface area (Å²) in [6, 6.07) is 1.64. The highest BCUT2D eigenvalue weighted by molar-refractivity contribution is 7.10. The highest BCUT2D eigenvalue weighted by atomic mass is 35.5. The van der Waals surface area contributed by atoms with Crippen LogP contribution < -0.4 is 0 Å². The van der Waals surface area contributed by atoms with Gasteiger partial charge in [-0.25, -0.2) is 0 Å². The number of carbonyl (C=O) groups excluding carboxylic acids is 1. The van der Waals surface area contributed by atoms with E-state index in [0.29, 0.717) is 21.2 Å². The van der Waals surface area contributed by atoms with Gasteiger partial charge >= 0.3 is 6.23 Å². The Hall–Kier alpha value is -1.40. The molecule has 0 saturated carbocycles. The van der Waals surface area contributed by atoms with E-state index in [4.69, 9.17) is 16.3 Å². The standard InChI is InChI=1S/C11H10ClNO4S/c1-5(14)9-6(2)17-11(13(15)16)10(9)8-3-7(12)4-18-8/h3-4,10-11H,1-2H3. The van der Waals surface area contributed by atoms with Crippen LogP contribution in [0.1, 0.15) is 24.6 Å². The van der Waals surface area contributed by atoms with Crippen molar-refractivity contribution in [3.05, 3.63) is 42.8 Å². The van der Waals surface area contributed by atoms with Crippen molar-refractivity contribution in [2.45, 2.75) is 26.0 Å². The summed E-state index contributed by atoms with van der Waals surface area (Å²) in [7, 11) is 0. The molecule has 18 heavy (non-hydrogen) atoms. The topological polar surface area (TPSA) is 69.4 Å². The second-order valence-corrected chi connectivity index (χ2v) is 5.34. The third-order valence-corrected chi connectivity index (χ3v) is 4.12. The number of ether oxygens (including phenoxy) is 1. The molecule has 1 aromatic rings. The van der Waals surface area contributed by atoms with Crippen LogP contribution in [-0.4, -0.2) is 16.9 Å². The van der Waals surface area contributed by atoms with Gasteiger partial charge in [0.1, 0.15) is 11.7 Å². The summed E-state index contributed by atoms with van der Waals surface area (Å²) in [5, 5.41) is 13.2. The van der Waals surface area contributed by atoms with Crippen molar-refractivity contribution in [1.29, 1.82) is 0 Å². The Morgan fingerprint density at radius 1 is 1.61 bits per heavy atom. The number of ketones is 1. The summed E-state index contributed by atoms with van der Waals surface area (Å²) in [6.45, 7) is 2.95. The van der Waals surface area contributed by atoms with E-state index >= 15 is 0 Å². The van der Waals surface area contributed by atoms with Crippen molar-refractivity contribution in [2.75, 3.05) is 0 Å². The molecule has 1 aromatic heterocycles. The highest BCUT2D eigenvalue weighted by Crippen LogP contribution is 2.42. The van der Waals surface area contributed by atoms with Crippen LogP contribution in [-0.2, 0) is 9.53 Å². The summed E-state index contributed by atoms with van der Waals surface area (Å²) in [6.07, 6.45) is -1.25. The molecule has 7 heteroatoms. The number of nitrogens with zero attached hydrogens (tertiary/aromatic N) is 1. The minimum absolute atomic E-state index is 0.216. The molecule has 0 radical (unpaired) electrons.